The van der Waals surface area contributed by atoms with Crippen LogP contribution < -0.4 is 9.46 Å². The van der Waals surface area contributed by atoms with Crippen molar-refractivity contribution >= 4 is 21.7 Å². The molecule has 0 saturated heterocycles. The summed E-state index contributed by atoms with van der Waals surface area (Å²) in [5.74, 6) is -1.01. The summed E-state index contributed by atoms with van der Waals surface area (Å²) in [6.07, 6.45) is 0.0958. The van der Waals surface area contributed by atoms with Crippen LogP contribution in [0.5, 0.6) is 5.75 Å². The van der Waals surface area contributed by atoms with E-state index in [4.69, 9.17) is 9.47 Å². The standard InChI is InChI=1S/C17H18FNO5S/c1-3-24-17(20)10-12-4-7-14(8-5-12)19-25(21,22)16-11-13(18)6-9-15(16)23-2/h4-9,11,19H,3,10H2,1-2H3. The van der Waals surface area contributed by atoms with Crippen molar-refractivity contribution in [3.63, 3.8) is 0 Å². The van der Waals surface area contributed by atoms with Gasteiger partial charge in [-0.3, -0.25) is 9.52 Å². The molecule has 1 N–H and O–H groups in total. The predicted molar refractivity (Wildman–Crippen MR) is 90.5 cm³/mol. The van der Waals surface area contributed by atoms with Gasteiger partial charge in [-0.05, 0) is 42.8 Å². The Labute approximate surface area is 145 Å². The lowest BCUT2D eigenvalue weighted by Gasteiger charge is -2.12. The quantitative estimate of drug-likeness (QED) is 0.761. The number of halogens is 1. The second kappa shape index (κ2) is 7.98. The molecular formula is C17H18FNO5S. The number of carbonyl (C=O) groups is 1. The number of ether oxygens (including phenoxy) is 2. The van der Waals surface area contributed by atoms with Gasteiger partial charge in [0.05, 0.1) is 20.1 Å². The van der Waals surface area contributed by atoms with Crippen molar-refractivity contribution in [3.8, 4) is 5.75 Å². The van der Waals surface area contributed by atoms with E-state index in [-0.39, 0.29) is 28.7 Å². The molecule has 0 heterocycles. The molecule has 25 heavy (non-hydrogen) atoms. The summed E-state index contributed by atoms with van der Waals surface area (Å²) in [6, 6.07) is 9.48. The van der Waals surface area contributed by atoms with Crippen LogP contribution in [-0.4, -0.2) is 28.1 Å². The summed E-state index contributed by atoms with van der Waals surface area (Å²) in [4.78, 5) is 11.1. The molecule has 0 aromatic heterocycles. The zero-order valence-corrected chi connectivity index (χ0v) is 14.6. The van der Waals surface area contributed by atoms with Crippen LogP contribution in [0.4, 0.5) is 10.1 Å². The van der Waals surface area contributed by atoms with Crippen molar-refractivity contribution < 1.29 is 27.1 Å². The molecule has 6 nitrogen and oxygen atoms in total. The molecule has 0 bridgehead atoms. The maximum absolute atomic E-state index is 13.4. The van der Waals surface area contributed by atoms with Crippen molar-refractivity contribution in [3.05, 3.63) is 53.8 Å². The van der Waals surface area contributed by atoms with Gasteiger partial charge < -0.3 is 9.47 Å². The number of hydrogen-bond acceptors (Lipinski definition) is 5. The number of rotatable bonds is 7. The zero-order chi connectivity index (χ0) is 18.4. The van der Waals surface area contributed by atoms with Crippen LogP contribution in [0.15, 0.2) is 47.4 Å². The highest BCUT2D eigenvalue weighted by Gasteiger charge is 2.20. The average molecular weight is 367 g/mol. The second-order valence-corrected chi connectivity index (χ2v) is 6.73. The minimum atomic E-state index is -4.03. The van der Waals surface area contributed by atoms with E-state index in [1.54, 1.807) is 19.1 Å². The van der Waals surface area contributed by atoms with Crippen molar-refractivity contribution in [1.82, 2.24) is 0 Å². The second-order valence-electron chi connectivity index (χ2n) is 5.08. The molecule has 0 unspecified atom stereocenters. The van der Waals surface area contributed by atoms with Gasteiger partial charge in [-0.15, -0.1) is 0 Å². The summed E-state index contributed by atoms with van der Waals surface area (Å²) < 4.78 is 50.5. The van der Waals surface area contributed by atoms with E-state index in [9.17, 15) is 17.6 Å². The Kier molecular flexibility index (Phi) is 5.97. The van der Waals surface area contributed by atoms with Crippen LogP contribution in [-0.2, 0) is 26.0 Å². The van der Waals surface area contributed by atoms with E-state index in [1.807, 2.05) is 0 Å². The maximum atomic E-state index is 13.4. The van der Waals surface area contributed by atoms with Gasteiger partial charge in [0, 0.05) is 5.69 Å². The molecule has 0 radical (unpaired) electrons. The molecular weight excluding hydrogens is 349 g/mol. The van der Waals surface area contributed by atoms with E-state index in [0.29, 0.717) is 12.2 Å². The lowest BCUT2D eigenvalue weighted by Crippen LogP contribution is -2.14. The molecule has 0 aliphatic carbocycles. The Morgan fingerprint density at radius 2 is 1.84 bits per heavy atom. The Morgan fingerprint density at radius 3 is 2.44 bits per heavy atom. The summed E-state index contributed by atoms with van der Waals surface area (Å²) >= 11 is 0. The SMILES string of the molecule is CCOC(=O)Cc1ccc(NS(=O)(=O)c2cc(F)ccc2OC)cc1. The summed E-state index contributed by atoms with van der Waals surface area (Å²) in [5, 5.41) is 0. The normalized spacial score (nSPS) is 11.0. The van der Waals surface area contributed by atoms with Crippen molar-refractivity contribution in [2.75, 3.05) is 18.4 Å². The Hall–Kier alpha value is -2.61. The lowest BCUT2D eigenvalue weighted by atomic mass is 10.1. The first-order valence-electron chi connectivity index (χ1n) is 7.46. The Bertz CT molecular complexity index is 850. The van der Waals surface area contributed by atoms with E-state index in [0.717, 1.165) is 12.1 Å². The molecule has 0 aliphatic rings. The highest BCUT2D eigenvalue weighted by molar-refractivity contribution is 7.92. The van der Waals surface area contributed by atoms with Crippen molar-refractivity contribution in [2.24, 2.45) is 0 Å². The maximum Gasteiger partial charge on any atom is 0.310 e. The van der Waals surface area contributed by atoms with Crippen LogP contribution in [0.1, 0.15) is 12.5 Å². The van der Waals surface area contributed by atoms with Gasteiger partial charge in [0.1, 0.15) is 16.5 Å². The van der Waals surface area contributed by atoms with E-state index >= 15 is 0 Å². The molecule has 8 heteroatoms. The number of benzene rings is 2. The third kappa shape index (κ3) is 4.93. The lowest BCUT2D eigenvalue weighted by molar-refractivity contribution is -0.142. The monoisotopic (exact) mass is 367 g/mol. The molecule has 0 spiro atoms. The topological polar surface area (TPSA) is 81.7 Å². The zero-order valence-electron chi connectivity index (χ0n) is 13.8. The number of carbonyl (C=O) groups excluding carboxylic acids is 1. The molecule has 0 saturated carbocycles. The van der Waals surface area contributed by atoms with Crippen LogP contribution >= 0.6 is 0 Å². The van der Waals surface area contributed by atoms with E-state index in [2.05, 4.69) is 4.72 Å². The number of esters is 1. The largest absolute Gasteiger partial charge is 0.495 e. The number of anilines is 1. The molecule has 0 aliphatic heterocycles. The van der Waals surface area contributed by atoms with Gasteiger partial charge in [-0.25, -0.2) is 12.8 Å². The summed E-state index contributed by atoms with van der Waals surface area (Å²) in [5.41, 5.74) is 0.962. The van der Waals surface area contributed by atoms with E-state index < -0.39 is 15.8 Å². The minimum Gasteiger partial charge on any atom is -0.495 e. The summed E-state index contributed by atoms with van der Waals surface area (Å²) in [7, 11) is -2.73. The van der Waals surface area contributed by atoms with Gasteiger partial charge in [0.15, 0.2) is 0 Å². The highest BCUT2D eigenvalue weighted by Crippen LogP contribution is 2.26. The highest BCUT2D eigenvalue weighted by atomic mass is 32.2. The third-order valence-electron chi connectivity index (χ3n) is 3.28. The molecule has 0 amide bonds. The van der Waals surface area contributed by atoms with Crippen molar-refractivity contribution in [1.29, 1.82) is 0 Å². The third-order valence-corrected chi connectivity index (χ3v) is 4.68. The molecule has 134 valence electrons. The molecule has 2 aromatic carbocycles. The first-order chi connectivity index (χ1) is 11.9. The van der Waals surface area contributed by atoms with Crippen LogP contribution in [0.25, 0.3) is 0 Å². The molecule has 2 rings (SSSR count). The number of methoxy groups -OCH3 is 1. The van der Waals surface area contributed by atoms with Crippen LogP contribution in [0.2, 0.25) is 0 Å². The first kappa shape index (κ1) is 18.7. The molecule has 0 fully saturated rings. The van der Waals surface area contributed by atoms with Gasteiger partial charge in [0.25, 0.3) is 10.0 Å². The van der Waals surface area contributed by atoms with Gasteiger partial charge in [-0.2, -0.15) is 0 Å². The fourth-order valence-corrected chi connectivity index (χ4v) is 3.38. The first-order valence-corrected chi connectivity index (χ1v) is 8.95. The Morgan fingerprint density at radius 1 is 1.16 bits per heavy atom. The fraction of sp³-hybridized carbons (Fsp3) is 0.235. The smallest absolute Gasteiger partial charge is 0.310 e. The van der Waals surface area contributed by atoms with E-state index in [1.165, 1.54) is 25.3 Å². The van der Waals surface area contributed by atoms with Crippen LogP contribution in [0.3, 0.4) is 0 Å². The molecule has 2 aromatic rings. The summed E-state index contributed by atoms with van der Waals surface area (Å²) in [6.45, 7) is 2.02. The number of hydrogen-bond donors (Lipinski definition) is 1. The van der Waals surface area contributed by atoms with Gasteiger partial charge in [0.2, 0.25) is 0 Å². The Balaban J connectivity index is 2.18. The van der Waals surface area contributed by atoms with Gasteiger partial charge >= 0.3 is 5.97 Å². The number of sulfonamides is 1. The van der Waals surface area contributed by atoms with Crippen LogP contribution in [0, 0.1) is 5.82 Å². The van der Waals surface area contributed by atoms with Crippen molar-refractivity contribution in [2.45, 2.75) is 18.2 Å². The number of nitrogens with one attached hydrogen (secondary N) is 1. The minimum absolute atomic E-state index is 0.0350. The van der Waals surface area contributed by atoms with Gasteiger partial charge in [-0.1, -0.05) is 12.1 Å². The fourth-order valence-electron chi connectivity index (χ4n) is 2.14. The predicted octanol–water partition coefficient (Wildman–Crippen LogP) is 2.74. The molecule has 0 atom stereocenters. The average Bonchev–Trinajstić information content (AvgIpc) is 2.56.